The highest BCUT2D eigenvalue weighted by Crippen LogP contribution is 2.35. The normalized spacial score (nSPS) is 22.0. The summed E-state index contributed by atoms with van der Waals surface area (Å²) in [5, 5.41) is 9.61. The number of aliphatic carboxylic acids is 1. The van der Waals surface area contributed by atoms with Gasteiger partial charge in [-0.1, -0.05) is 13.3 Å². The van der Waals surface area contributed by atoms with Crippen LogP contribution in [0.15, 0.2) is 18.5 Å². The second-order valence-electron chi connectivity index (χ2n) is 5.40. The van der Waals surface area contributed by atoms with Crippen LogP contribution in [0.5, 0.6) is 0 Å². The van der Waals surface area contributed by atoms with Crippen LogP contribution in [-0.4, -0.2) is 39.0 Å². The van der Waals surface area contributed by atoms with Crippen molar-refractivity contribution in [3.63, 3.8) is 0 Å². The van der Waals surface area contributed by atoms with Gasteiger partial charge in [-0.25, -0.2) is 4.79 Å². The molecule has 1 amide bonds. The fourth-order valence-electron chi connectivity index (χ4n) is 3.01. The third-order valence-corrected chi connectivity index (χ3v) is 3.92. The van der Waals surface area contributed by atoms with E-state index < -0.39 is 11.5 Å². The van der Waals surface area contributed by atoms with Crippen molar-refractivity contribution >= 4 is 11.9 Å². The number of hydrogen-bond donors (Lipinski definition) is 1. The minimum absolute atomic E-state index is 0.227. The van der Waals surface area contributed by atoms with E-state index in [1.165, 1.54) is 11.1 Å². The number of aryl methyl sites for hydroxylation is 1. The Labute approximate surface area is 118 Å². The third kappa shape index (κ3) is 2.40. The molecule has 2 heterocycles. The van der Waals surface area contributed by atoms with Crippen molar-refractivity contribution in [1.82, 2.24) is 9.88 Å². The summed E-state index contributed by atoms with van der Waals surface area (Å²) in [5.41, 5.74) is 0.315. The lowest BCUT2D eigenvalue weighted by Crippen LogP contribution is -2.53. The molecule has 1 saturated heterocycles. The van der Waals surface area contributed by atoms with E-state index in [0.29, 0.717) is 24.9 Å². The molecule has 0 saturated carbocycles. The third-order valence-electron chi connectivity index (χ3n) is 3.92. The Hall–Kier alpha value is -1.91. The minimum atomic E-state index is -1.05. The van der Waals surface area contributed by atoms with Crippen LogP contribution in [0.3, 0.4) is 0 Å². The van der Waals surface area contributed by atoms with E-state index in [4.69, 9.17) is 0 Å². The number of carbonyl (C=O) groups is 2. The van der Waals surface area contributed by atoms with Crippen molar-refractivity contribution in [2.45, 2.75) is 45.1 Å². The SMILES string of the molecule is CCCC1(C(=O)O)CCCN1C(=O)c1cncc(C)c1. The summed E-state index contributed by atoms with van der Waals surface area (Å²) in [5.74, 6) is -1.12. The second kappa shape index (κ2) is 5.61. The highest BCUT2D eigenvalue weighted by molar-refractivity contribution is 5.98. The number of nitrogens with zero attached hydrogens (tertiary/aromatic N) is 2. The van der Waals surface area contributed by atoms with Crippen LogP contribution < -0.4 is 0 Å². The molecule has 1 N–H and O–H groups in total. The molecule has 0 bridgehead atoms. The van der Waals surface area contributed by atoms with Crippen LogP contribution in [-0.2, 0) is 4.79 Å². The molecule has 5 heteroatoms. The van der Waals surface area contributed by atoms with Crippen LogP contribution in [0, 0.1) is 6.92 Å². The topological polar surface area (TPSA) is 70.5 Å². The standard InChI is InChI=1S/C15H20N2O3/c1-3-5-15(14(19)20)6-4-7-17(15)13(18)12-8-11(2)9-16-10-12/h8-10H,3-7H2,1-2H3,(H,19,20). The van der Waals surface area contributed by atoms with Gasteiger partial charge in [0.2, 0.25) is 0 Å². The van der Waals surface area contributed by atoms with Gasteiger partial charge in [0.25, 0.3) is 5.91 Å². The number of amides is 1. The highest BCUT2D eigenvalue weighted by Gasteiger charge is 2.49. The molecule has 1 aliphatic heterocycles. The number of pyridine rings is 1. The lowest BCUT2D eigenvalue weighted by molar-refractivity contribution is -0.148. The number of carbonyl (C=O) groups excluding carboxylic acids is 1. The predicted octanol–water partition coefficient (Wildman–Crippen LogP) is 2.25. The Morgan fingerprint density at radius 3 is 2.80 bits per heavy atom. The molecule has 0 aliphatic carbocycles. The van der Waals surface area contributed by atoms with E-state index in [2.05, 4.69) is 4.98 Å². The largest absolute Gasteiger partial charge is 0.479 e. The molecule has 0 aromatic carbocycles. The highest BCUT2D eigenvalue weighted by atomic mass is 16.4. The van der Waals surface area contributed by atoms with Gasteiger partial charge in [0.1, 0.15) is 5.54 Å². The number of rotatable bonds is 4. The van der Waals surface area contributed by atoms with Crippen molar-refractivity contribution < 1.29 is 14.7 Å². The maximum absolute atomic E-state index is 12.6. The zero-order valence-electron chi connectivity index (χ0n) is 11.9. The Kier molecular flexibility index (Phi) is 4.06. The van der Waals surface area contributed by atoms with Crippen molar-refractivity contribution in [2.75, 3.05) is 6.54 Å². The van der Waals surface area contributed by atoms with Crippen molar-refractivity contribution in [3.05, 3.63) is 29.6 Å². The number of likely N-dealkylation sites (tertiary alicyclic amines) is 1. The average Bonchev–Trinajstić information content (AvgIpc) is 2.83. The van der Waals surface area contributed by atoms with Gasteiger partial charge in [-0.15, -0.1) is 0 Å². The summed E-state index contributed by atoms with van der Waals surface area (Å²) >= 11 is 0. The fourth-order valence-corrected chi connectivity index (χ4v) is 3.01. The van der Waals surface area contributed by atoms with E-state index in [9.17, 15) is 14.7 Å². The molecule has 1 atom stereocenters. The maximum atomic E-state index is 12.6. The zero-order valence-corrected chi connectivity index (χ0v) is 11.9. The number of aromatic nitrogens is 1. The number of hydrogen-bond acceptors (Lipinski definition) is 3. The second-order valence-corrected chi connectivity index (χ2v) is 5.40. The van der Waals surface area contributed by atoms with Gasteiger partial charge in [0.05, 0.1) is 5.56 Å². The molecular weight excluding hydrogens is 256 g/mol. The van der Waals surface area contributed by atoms with Gasteiger partial charge < -0.3 is 10.0 Å². The molecule has 1 aromatic heterocycles. The van der Waals surface area contributed by atoms with Gasteiger partial charge in [-0.2, -0.15) is 0 Å². The van der Waals surface area contributed by atoms with Gasteiger partial charge in [0, 0.05) is 18.9 Å². The quantitative estimate of drug-likeness (QED) is 0.915. The molecule has 0 spiro atoms. The van der Waals surface area contributed by atoms with Crippen LogP contribution >= 0.6 is 0 Å². The number of carboxylic acids is 1. The summed E-state index contributed by atoms with van der Waals surface area (Å²) in [6, 6.07) is 1.76. The molecule has 0 radical (unpaired) electrons. The first-order valence-electron chi connectivity index (χ1n) is 6.98. The van der Waals surface area contributed by atoms with Gasteiger partial charge in [-0.05, 0) is 37.8 Å². The van der Waals surface area contributed by atoms with Crippen molar-refractivity contribution in [3.8, 4) is 0 Å². The Morgan fingerprint density at radius 2 is 2.20 bits per heavy atom. The monoisotopic (exact) mass is 276 g/mol. The summed E-state index contributed by atoms with van der Waals surface area (Å²) < 4.78 is 0. The number of carboxylic acid groups (broad SMARTS) is 1. The summed E-state index contributed by atoms with van der Waals surface area (Å²) in [7, 11) is 0. The molecule has 108 valence electrons. The van der Waals surface area contributed by atoms with Crippen molar-refractivity contribution in [1.29, 1.82) is 0 Å². The Balaban J connectivity index is 2.34. The first kappa shape index (κ1) is 14.5. The predicted molar refractivity (Wildman–Crippen MR) is 74.5 cm³/mol. The molecule has 1 unspecified atom stereocenters. The van der Waals surface area contributed by atoms with E-state index in [-0.39, 0.29) is 5.91 Å². The van der Waals surface area contributed by atoms with Crippen molar-refractivity contribution in [2.24, 2.45) is 0 Å². The van der Waals surface area contributed by atoms with Crippen LogP contribution in [0.4, 0.5) is 0 Å². The van der Waals surface area contributed by atoms with E-state index in [1.807, 2.05) is 13.8 Å². The molecule has 20 heavy (non-hydrogen) atoms. The first-order chi connectivity index (χ1) is 9.51. The first-order valence-corrected chi connectivity index (χ1v) is 6.98. The van der Waals surface area contributed by atoms with Crippen LogP contribution in [0.25, 0.3) is 0 Å². The average molecular weight is 276 g/mol. The minimum Gasteiger partial charge on any atom is -0.479 e. The molecule has 2 rings (SSSR count). The molecule has 1 fully saturated rings. The fraction of sp³-hybridized carbons (Fsp3) is 0.533. The van der Waals surface area contributed by atoms with Crippen LogP contribution in [0.2, 0.25) is 0 Å². The smallest absolute Gasteiger partial charge is 0.329 e. The van der Waals surface area contributed by atoms with E-state index >= 15 is 0 Å². The van der Waals surface area contributed by atoms with Crippen LogP contribution in [0.1, 0.15) is 48.5 Å². The summed E-state index contributed by atoms with van der Waals surface area (Å²) in [6.07, 6.45) is 5.68. The Bertz CT molecular complexity index is 530. The van der Waals surface area contributed by atoms with E-state index in [1.54, 1.807) is 12.3 Å². The molecular formula is C15H20N2O3. The van der Waals surface area contributed by atoms with E-state index in [0.717, 1.165) is 18.4 Å². The summed E-state index contributed by atoms with van der Waals surface area (Å²) in [4.78, 5) is 29.9. The molecule has 5 nitrogen and oxygen atoms in total. The summed E-state index contributed by atoms with van der Waals surface area (Å²) in [6.45, 7) is 4.31. The lowest BCUT2D eigenvalue weighted by Gasteiger charge is -2.34. The van der Waals surface area contributed by atoms with Gasteiger partial charge >= 0.3 is 5.97 Å². The zero-order chi connectivity index (χ0) is 14.8. The maximum Gasteiger partial charge on any atom is 0.329 e. The van der Waals surface area contributed by atoms with Gasteiger partial charge in [0.15, 0.2) is 0 Å². The molecule has 1 aromatic rings. The van der Waals surface area contributed by atoms with Gasteiger partial charge in [-0.3, -0.25) is 9.78 Å². The molecule has 1 aliphatic rings. The lowest BCUT2D eigenvalue weighted by atomic mass is 9.90. The Morgan fingerprint density at radius 1 is 1.45 bits per heavy atom.